The molecule has 32 heavy (non-hydrogen) atoms. The minimum absolute atomic E-state index is 0.00620. The number of carbonyl (C=O) groups is 3. The molecule has 7 nitrogen and oxygen atoms in total. The van der Waals surface area contributed by atoms with E-state index in [1.807, 2.05) is 12.1 Å². The first-order chi connectivity index (χ1) is 15.5. The van der Waals surface area contributed by atoms with E-state index in [4.69, 9.17) is 4.74 Å². The molecule has 0 radical (unpaired) electrons. The topological polar surface area (TPSA) is 78.7 Å². The Morgan fingerprint density at radius 2 is 1.81 bits per heavy atom. The van der Waals surface area contributed by atoms with Crippen LogP contribution in [-0.2, 0) is 22.7 Å². The van der Waals surface area contributed by atoms with Crippen LogP contribution < -0.4 is 10.1 Å². The summed E-state index contributed by atoms with van der Waals surface area (Å²) in [7, 11) is 1.58. The number of amides is 4. The van der Waals surface area contributed by atoms with Gasteiger partial charge in [0.15, 0.2) is 11.8 Å². The van der Waals surface area contributed by atoms with Gasteiger partial charge in [-0.1, -0.05) is 24.3 Å². The Bertz CT molecular complexity index is 1110. The number of benzene rings is 2. The van der Waals surface area contributed by atoms with E-state index in [1.54, 1.807) is 30.7 Å². The van der Waals surface area contributed by atoms with Gasteiger partial charge in [-0.25, -0.2) is 9.18 Å². The van der Waals surface area contributed by atoms with Gasteiger partial charge < -0.3 is 10.1 Å². The zero-order chi connectivity index (χ0) is 22.7. The molecule has 9 heteroatoms. The Morgan fingerprint density at radius 1 is 1.12 bits per heavy atom. The van der Waals surface area contributed by atoms with Gasteiger partial charge in [-0.05, 0) is 46.9 Å². The van der Waals surface area contributed by atoms with Crippen LogP contribution in [0, 0.1) is 5.82 Å². The van der Waals surface area contributed by atoms with Gasteiger partial charge >= 0.3 is 11.9 Å². The fourth-order valence-corrected chi connectivity index (χ4v) is 4.44. The Morgan fingerprint density at radius 3 is 2.50 bits per heavy atom. The molecule has 2 aliphatic rings. The third-order valence-electron chi connectivity index (χ3n) is 5.19. The first kappa shape index (κ1) is 21.8. The molecule has 0 aromatic heterocycles. The zero-order valence-electron chi connectivity index (χ0n) is 17.3. The van der Waals surface area contributed by atoms with Crippen molar-refractivity contribution in [2.45, 2.75) is 18.3 Å². The average Bonchev–Trinajstić information content (AvgIpc) is 3.30. The molecular formula is C23H21FN3O4S+. The van der Waals surface area contributed by atoms with E-state index in [-0.39, 0.29) is 24.9 Å². The van der Waals surface area contributed by atoms with Crippen LogP contribution in [0.2, 0.25) is 0 Å². The molecule has 2 aliphatic heterocycles. The Hall–Kier alpha value is -3.46. The van der Waals surface area contributed by atoms with E-state index < -0.39 is 17.1 Å². The van der Waals surface area contributed by atoms with Crippen LogP contribution in [0.3, 0.4) is 0 Å². The average molecular weight is 455 g/mol. The predicted octanol–water partition coefficient (Wildman–Crippen LogP) is 2.70. The van der Waals surface area contributed by atoms with Gasteiger partial charge in [0.25, 0.3) is 5.91 Å². The summed E-state index contributed by atoms with van der Waals surface area (Å²) < 4.78 is 19.7. The number of methoxy groups -OCH3 is 1. The quantitative estimate of drug-likeness (QED) is 0.651. The second-order valence-corrected chi connectivity index (χ2v) is 8.30. The maximum atomic E-state index is 13.2. The van der Waals surface area contributed by atoms with Crippen LogP contribution in [-0.4, -0.2) is 51.9 Å². The minimum atomic E-state index is -0.581. The number of carbonyl (C=O) groups excluding carboxylic acids is 3. The van der Waals surface area contributed by atoms with Crippen molar-refractivity contribution in [3.8, 4) is 5.75 Å². The number of nitrogens with one attached hydrogen (secondary N) is 1. The van der Waals surface area contributed by atoms with Gasteiger partial charge in [-0.15, -0.1) is 11.8 Å². The molecule has 0 bridgehead atoms. The van der Waals surface area contributed by atoms with Crippen molar-refractivity contribution < 1.29 is 28.1 Å². The molecule has 0 saturated heterocycles. The van der Waals surface area contributed by atoms with Gasteiger partial charge in [-0.2, -0.15) is 14.3 Å². The number of allylic oxidation sites excluding steroid dienone is 1. The number of halogens is 1. The van der Waals surface area contributed by atoms with Crippen LogP contribution in [0.25, 0.3) is 0 Å². The SMILES string of the molecule is COc1ccc(CNC(=O)C[N+]2=C3C=CSC3C(=O)N(Cc3ccc(F)cc3)C2=O)cc1. The molecule has 1 atom stereocenters. The molecule has 2 aromatic carbocycles. The molecule has 4 rings (SSSR count). The van der Waals surface area contributed by atoms with Gasteiger partial charge in [-0.3, -0.25) is 4.79 Å². The number of nitrogens with zero attached hydrogens (tertiary/aromatic N) is 2. The van der Waals surface area contributed by atoms with E-state index in [0.717, 1.165) is 16.2 Å². The number of thioether (sulfide) groups is 1. The number of hydrogen-bond donors (Lipinski definition) is 1. The highest BCUT2D eigenvalue weighted by Crippen LogP contribution is 2.28. The monoisotopic (exact) mass is 454 g/mol. The second-order valence-electron chi connectivity index (χ2n) is 7.29. The van der Waals surface area contributed by atoms with Gasteiger partial charge in [0.2, 0.25) is 0 Å². The third kappa shape index (κ3) is 4.57. The molecule has 2 aromatic rings. The van der Waals surface area contributed by atoms with Crippen molar-refractivity contribution in [1.82, 2.24) is 10.2 Å². The summed E-state index contributed by atoms with van der Waals surface area (Å²) in [5, 5.41) is 3.97. The summed E-state index contributed by atoms with van der Waals surface area (Å²) in [5.74, 6) is -0.370. The highest BCUT2D eigenvalue weighted by molar-refractivity contribution is 8.04. The zero-order valence-corrected chi connectivity index (χ0v) is 18.1. The normalized spacial score (nSPS) is 17.6. The molecule has 0 aliphatic carbocycles. The van der Waals surface area contributed by atoms with Crippen molar-refractivity contribution >= 4 is 35.3 Å². The van der Waals surface area contributed by atoms with E-state index >= 15 is 0 Å². The van der Waals surface area contributed by atoms with Crippen molar-refractivity contribution in [2.24, 2.45) is 0 Å². The van der Waals surface area contributed by atoms with Gasteiger partial charge in [0, 0.05) is 6.54 Å². The summed E-state index contributed by atoms with van der Waals surface area (Å²) >= 11 is 1.29. The Labute approximate surface area is 188 Å². The molecule has 0 fully saturated rings. The lowest BCUT2D eigenvalue weighted by atomic mass is 10.1. The fourth-order valence-electron chi connectivity index (χ4n) is 3.47. The summed E-state index contributed by atoms with van der Waals surface area (Å²) in [5.41, 5.74) is 2.01. The highest BCUT2D eigenvalue weighted by Gasteiger charge is 2.49. The van der Waals surface area contributed by atoms with Crippen molar-refractivity contribution in [3.05, 3.63) is 77.0 Å². The number of ether oxygens (including phenoxy) is 1. The lowest BCUT2D eigenvalue weighted by Crippen LogP contribution is -2.56. The molecule has 1 unspecified atom stereocenters. The maximum Gasteiger partial charge on any atom is 0.501 e. The molecule has 0 spiro atoms. The van der Waals surface area contributed by atoms with Gasteiger partial charge in [0.05, 0.1) is 7.11 Å². The van der Waals surface area contributed by atoms with Crippen LogP contribution in [0.1, 0.15) is 11.1 Å². The largest absolute Gasteiger partial charge is 0.501 e. The number of rotatable bonds is 7. The van der Waals surface area contributed by atoms with E-state index in [9.17, 15) is 18.8 Å². The van der Waals surface area contributed by atoms with Crippen LogP contribution >= 0.6 is 11.8 Å². The Kier molecular flexibility index (Phi) is 6.36. The van der Waals surface area contributed by atoms with Crippen LogP contribution in [0.15, 0.2) is 60.0 Å². The summed E-state index contributed by atoms with van der Waals surface area (Å²) in [4.78, 5) is 39.7. The molecule has 2 heterocycles. The lowest BCUT2D eigenvalue weighted by molar-refractivity contribution is -0.427. The Balaban J connectivity index is 1.48. The second kappa shape index (κ2) is 9.35. The summed E-state index contributed by atoms with van der Waals surface area (Å²) in [6, 6.07) is 12.3. The molecule has 1 N–H and O–H groups in total. The van der Waals surface area contributed by atoms with E-state index in [1.165, 1.54) is 40.6 Å². The fraction of sp³-hybridized carbons (Fsp3) is 0.217. The summed E-state index contributed by atoms with van der Waals surface area (Å²) in [6.07, 6.45) is 1.69. The molecule has 4 amide bonds. The molecule has 164 valence electrons. The third-order valence-corrected chi connectivity index (χ3v) is 6.20. The number of urea groups is 1. The van der Waals surface area contributed by atoms with Crippen molar-refractivity contribution in [2.75, 3.05) is 13.7 Å². The van der Waals surface area contributed by atoms with Crippen LogP contribution in [0.4, 0.5) is 9.18 Å². The lowest BCUT2D eigenvalue weighted by Gasteiger charge is -2.24. The standard InChI is InChI=1S/C23H20FN3O4S/c1-31-18-8-4-15(5-9-18)12-25-20(28)14-26-19-10-11-32-21(19)22(29)27(23(26)30)13-16-2-6-17(24)7-3-16/h2-11,21H,12-14H2,1H3/p+1. The van der Waals surface area contributed by atoms with Crippen LogP contribution in [0.5, 0.6) is 5.75 Å². The smallest absolute Gasteiger partial charge is 0.497 e. The number of imide groups is 1. The number of hydrogen-bond acceptors (Lipinski definition) is 5. The predicted molar refractivity (Wildman–Crippen MR) is 118 cm³/mol. The molecule has 0 saturated carbocycles. The first-order valence-electron chi connectivity index (χ1n) is 9.92. The first-order valence-corrected chi connectivity index (χ1v) is 10.9. The van der Waals surface area contributed by atoms with Crippen molar-refractivity contribution in [3.63, 3.8) is 0 Å². The van der Waals surface area contributed by atoms with E-state index in [0.29, 0.717) is 17.8 Å². The maximum absolute atomic E-state index is 13.2. The van der Waals surface area contributed by atoms with E-state index in [2.05, 4.69) is 5.32 Å². The van der Waals surface area contributed by atoms with Gasteiger partial charge in [0.1, 0.15) is 23.8 Å². The minimum Gasteiger partial charge on any atom is -0.497 e. The summed E-state index contributed by atoms with van der Waals surface area (Å²) in [6.45, 7) is 0.0948. The number of fused-ring (bicyclic) bond motifs is 1. The van der Waals surface area contributed by atoms with Crippen molar-refractivity contribution in [1.29, 1.82) is 0 Å². The highest BCUT2D eigenvalue weighted by atomic mass is 32.2. The molecular weight excluding hydrogens is 433 g/mol.